The number of fused-ring (bicyclic) bond motifs is 2. The lowest BCUT2D eigenvalue weighted by molar-refractivity contribution is -0.131. The summed E-state index contributed by atoms with van der Waals surface area (Å²) >= 11 is 0. The van der Waals surface area contributed by atoms with Crippen LogP contribution in [0.2, 0.25) is 0 Å². The van der Waals surface area contributed by atoms with Crippen molar-refractivity contribution in [2.24, 2.45) is 17.8 Å². The van der Waals surface area contributed by atoms with Gasteiger partial charge in [-0.2, -0.15) is 0 Å². The number of rotatable bonds is 3. The van der Waals surface area contributed by atoms with E-state index in [-0.39, 0.29) is 11.8 Å². The van der Waals surface area contributed by atoms with Crippen LogP contribution < -0.4 is 5.32 Å². The van der Waals surface area contributed by atoms with E-state index in [1.54, 1.807) is 0 Å². The van der Waals surface area contributed by atoms with E-state index in [4.69, 9.17) is 0 Å². The molecule has 0 unspecified atom stereocenters. The van der Waals surface area contributed by atoms with Crippen molar-refractivity contribution in [2.75, 3.05) is 13.1 Å². The lowest BCUT2D eigenvalue weighted by Gasteiger charge is -2.28. The molecule has 0 bridgehead atoms. The van der Waals surface area contributed by atoms with Crippen LogP contribution in [0.3, 0.4) is 0 Å². The molecule has 7 heteroatoms. The molecule has 2 atom stereocenters. The first-order valence-corrected chi connectivity index (χ1v) is 9.21. The Kier molecular flexibility index (Phi) is 3.18. The Morgan fingerprint density at radius 1 is 1.00 bits per heavy atom. The molecule has 2 aliphatic carbocycles. The molecule has 1 aromatic heterocycles. The Morgan fingerprint density at radius 3 is 2.50 bits per heavy atom. The molecule has 2 saturated carbocycles. The number of amides is 2. The second-order valence-corrected chi connectivity index (χ2v) is 7.89. The standard InChI is InChI=1S/C17H23N5O2/c23-16(18-13-2-1-3-13)15-20-19-14-6-11-7-21(17(24)10-4-5-10)8-12(11)9-22(14)15/h10-13H,1-9H2,(H,18,23)/t11-,12-/m0/s1. The molecular weight excluding hydrogens is 306 g/mol. The summed E-state index contributed by atoms with van der Waals surface area (Å²) < 4.78 is 1.99. The van der Waals surface area contributed by atoms with Gasteiger partial charge in [0.1, 0.15) is 5.82 Å². The van der Waals surface area contributed by atoms with Crippen molar-refractivity contribution in [3.8, 4) is 0 Å². The first kappa shape index (κ1) is 14.4. The van der Waals surface area contributed by atoms with E-state index in [1.807, 2.05) is 9.47 Å². The lowest BCUT2D eigenvalue weighted by atomic mass is 9.89. The number of nitrogens with one attached hydrogen (secondary N) is 1. The normalized spacial score (nSPS) is 28.9. The van der Waals surface area contributed by atoms with Crippen molar-refractivity contribution in [1.29, 1.82) is 0 Å². The average molecular weight is 329 g/mol. The molecule has 1 saturated heterocycles. The topological polar surface area (TPSA) is 80.1 Å². The number of aromatic nitrogens is 3. The highest BCUT2D eigenvalue weighted by Gasteiger charge is 2.43. The molecular formula is C17H23N5O2. The minimum Gasteiger partial charge on any atom is -0.347 e. The third-order valence-corrected chi connectivity index (χ3v) is 6.15. The van der Waals surface area contributed by atoms with Crippen LogP contribution in [-0.2, 0) is 17.8 Å². The molecule has 2 aliphatic heterocycles. The Labute approximate surface area is 140 Å². The van der Waals surface area contributed by atoms with Gasteiger partial charge in [-0.25, -0.2) is 0 Å². The van der Waals surface area contributed by atoms with E-state index in [2.05, 4.69) is 15.5 Å². The van der Waals surface area contributed by atoms with Gasteiger partial charge in [-0.3, -0.25) is 9.59 Å². The van der Waals surface area contributed by atoms with E-state index in [1.165, 1.54) is 6.42 Å². The van der Waals surface area contributed by atoms with Crippen molar-refractivity contribution >= 4 is 11.8 Å². The largest absolute Gasteiger partial charge is 0.347 e. The van der Waals surface area contributed by atoms with Crippen LogP contribution in [-0.4, -0.2) is 50.6 Å². The highest BCUT2D eigenvalue weighted by atomic mass is 16.2. The lowest BCUT2D eigenvalue weighted by Crippen LogP contribution is -2.41. The second-order valence-electron chi connectivity index (χ2n) is 7.89. The van der Waals surface area contributed by atoms with Gasteiger partial charge < -0.3 is 14.8 Å². The zero-order valence-corrected chi connectivity index (χ0v) is 13.8. The summed E-state index contributed by atoms with van der Waals surface area (Å²) in [5.74, 6) is 2.76. The van der Waals surface area contributed by atoms with Crippen molar-refractivity contribution < 1.29 is 9.59 Å². The molecule has 0 aromatic carbocycles. The smallest absolute Gasteiger partial charge is 0.289 e. The molecule has 5 rings (SSSR count). The van der Waals surface area contributed by atoms with Gasteiger partial charge in [0.15, 0.2) is 0 Å². The summed E-state index contributed by atoms with van der Waals surface area (Å²) in [7, 11) is 0. The van der Waals surface area contributed by atoms with Crippen LogP contribution in [0.25, 0.3) is 0 Å². The fourth-order valence-corrected chi connectivity index (χ4v) is 4.26. The Bertz CT molecular complexity index is 691. The van der Waals surface area contributed by atoms with Crippen LogP contribution in [0, 0.1) is 17.8 Å². The van der Waals surface area contributed by atoms with Gasteiger partial charge in [0.2, 0.25) is 11.7 Å². The SMILES string of the molecule is O=C(NC1CCC1)c1nnc2n1C[C@@H]1CN(C(=O)C3CC3)C[C@@H]1C2. The monoisotopic (exact) mass is 329 g/mol. The third-order valence-electron chi connectivity index (χ3n) is 6.15. The highest BCUT2D eigenvalue weighted by molar-refractivity contribution is 5.91. The van der Waals surface area contributed by atoms with Crippen LogP contribution in [0.15, 0.2) is 0 Å². The molecule has 0 radical (unpaired) electrons. The average Bonchev–Trinajstić information content (AvgIpc) is 3.18. The van der Waals surface area contributed by atoms with E-state index in [9.17, 15) is 9.59 Å². The van der Waals surface area contributed by atoms with E-state index in [0.29, 0.717) is 29.6 Å². The van der Waals surface area contributed by atoms with Crippen molar-refractivity contribution in [2.45, 2.75) is 51.1 Å². The number of nitrogens with zero attached hydrogens (tertiary/aromatic N) is 4. The summed E-state index contributed by atoms with van der Waals surface area (Å²) in [6.45, 7) is 2.42. The Hall–Kier alpha value is -1.92. The van der Waals surface area contributed by atoms with Crippen LogP contribution in [0.4, 0.5) is 0 Å². The molecule has 24 heavy (non-hydrogen) atoms. The van der Waals surface area contributed by atoms with Gasteiger partial charge >= 0.3 is 0 Å². The highest BCUT2D eigenvalue weighted by Crippen LogP contribution is 2.37. The maximum atomic E-state index is 12.4. The molecule has 2 amide bonds. The number of likely N-dealkylation sites (tertiary alicyclic amines) is 1. The molecule has 0 spiro atoms. The minimum atomic E-state index is -0.0965. The number of hydrogen-bond acceptors (Lipinski definition) is 4. The van der Waals surface area contributed by atoms with E-state index >= 15 is 0 Å². The van der Waals surface area contributed by atoms with Gasteiger partial charge in [-0.05, 0) is 43.9 Å². The van der Waals surface area contributed by atoms with E-state index < -0.39 is 0 Å². The molecule has 1 N–H and O–H groups in total. The quantitative estimate of drug-likeness (QED) is 0.881. The summed E-state index contributed by atoms with van der Waals surface area (Å²) in [6, 6.07) is 0.305. The predicted molar refractivity (Wildman–Crippen MR) is 85.1 cm³/mol. The van der Waals surface area contributed by atoms with Crippen molar-refractivity contribution in [1.82, 2.24) is 25.0 Å². The molecule has 4 aliphatic rings. The maximum absolute atomic E-state index is 12.4. The molecule has 7 nitrogen and oxygen atoms in total. The summed E-state index contributed by atoms with van der Waals surface area (Å²) in [5.41, 5.74) is 0. The van der Waals surface area contributed by atoms with Crippen LogP contribution in [0.1, 0.15) is 48.5 Å². The predicted octanol–water partition coefficient (Wildman–Crippen LogP) is 0.601. The zero-order valence-electron chi connectivity index (χ0n) is 13.8. The number of hydrogen-bond donors (Lipinski definition) is 1. The van der Waals surface area contributed by atoms with Crippen molar-refractivity contribution in [3.63, 3.8) is 0 Å². The second kappa shape index (κ2) is 5.29. The van der Waals surface area contributed by atoms with Gasteiger partial charge in [0, 0.05) is 38.0 Å². The number of carbonyl (C=O) groups excluding carboxylic acids is 2. The van der Waals surface area contributed by atoms with Gasteiger partial charge in [0.05, 0.1) is 0 Å². The van der Waals surface area contributed by atoms with Gasteiger partial charge in [0.25, 0.3) is 5.91 Å². The summed E-state index contributed by atoms with van der Waals surface area (Å²) in [5, 5.41) is 11.5. The molecule has 3 heterocycles. The zero-order chi connectivity index (χ0) is 16.3. The minimum absolute atomic E-state index is 0.0965. The molecule has 3 fully saturated rings. The fraction of sp³-hybridized carbons (Fsp3) is 0.765. The Morgan fingerprint density at radius 2 is 1.79 bits per heavy atom. The first-order chi connectivity index (χ1) is 11.7. The van der Waals surface area contributed by atoms with Gasteiger partial charge in [-0.1, -0.05) is 0 Å². The molecule has 128 valence electrons. The van der Waals surface area contributed by atoms with Crippen LogP contribution in [0.5, 0.6) is 0 Å². The van der Waals surface area contributed by atoms with Crippen LogP contribution >= 0.6 is 0 Å². The van der Waals surface area contributed by atoms with Gasteiger partial charge in [-0.15, -0.1) is 10.2 Å². The van der Waals surface area contributed by atoms with Crippen molar-refractivity contribution in [3.05, 3.63) is 11.6 Å². The first-order valence-electron chi connectivity index (χ1n) is 9.21. The summed E-state index contributed by atoms with van der Waals surface area (Å²) in [4.78, 5) is 26.8. The fourth-order valence-electron chi connectivity index (χ4n) is 4.26. The Balaban J connectivity index is 1.30. The molecule has 1 aromatic rings. The summed E-state index contributed by atoms with van der Waals surface area (Å²) in [6.07, 6.45) is 6.26. The number of carbonyl (C=O) groups is 2. The third kappa shape index (κ3) is 2.32. The maximum Gasteiger partial charge on any atom is 0.289 e. The van der Waals surface area contributed by atoms with E-state index in [0.717, 1.165) is 57.6 Å².